The molecule has 0 saturated heterocycles. The molecule has 0 aliphatic rings. The second-order valence-electron chi connectivity index (χ2n) is 8.80. The van der Waals surface area contributed by atoms with E-state index in [4.69, 9.17) is 15.2 Å². The molecule has 4 aromatic rings. The quantitative estimate of drug-likeness (QED) is 0.373. The molecule has 1 amide bonds. The lowest BCUT2D eigenvalue weighted by molar-refractivity contribution is 0.0543. The van der Waals surface area contributed by atoms with Crippen LogP contribution >= 0.6 is 0 Å². The van der Waals surface area contributed by atoms with Gasteiger partial charge in [0.05, 0.1) is 11.9 Å². The molecule has 2 aromatic heterocycles. The second-order valence-corrected chi connectivity index (χ2v) is 8.80. The molecule has 0 saturated carbocycles. The van der Waals surface area contributed by atoms with Gasteiger partial charge in [0.2, 0.25) is 0 Å². The number of fused-ring (bicyclic) bond motifs is 1. The van der Waals surface area contributed by atoms with Crippen LogP contribution in [-0.2, 0) is 16.1 Å². The smallest absolute Gasteiger partial charge is 0.420 e. The number of rotatable bonds is 4. The van der Waals surface area contributed by atoms with E-state index in [-0.39, 0.29) is 6.61 Å². The number of carbonyl (C=O) groups excluding carboxylic acids is 2. The van der Waals surface area contributed by atoms with Gasteiger partial charge in [0.15, 0.2) is 0 Å². The number of nitrogens with two attached hydrogens (primary N) is 1. The molecule has 2 aromatic carbocycles. The van der Waals surface area contributed by atoms with E-state index in [2.05, 4.69) is 10.3 Å². The van der Waals surface area contributed by atoms with E-state index >= 15 is 0 Å². The number of nitrogens with one attached hydrogen (secondary N) is 1. The van der Waals surface area contributed by atoms with Crippen LogP contribution in [0, 0.1) is 0 Å². The Kier molecular flexibility index (Phi) is 6.23. The summed E-state index contributed by atoms with van der Waals surface area (Å²) in [5, 5.41) is 3.35. The summed E-state index contributed by atoms with van der Waals surface area (Å²) < 4.78 is 12.2. The third-order valence-corrected chi connectivity index (χ3v) is 4.89. The maximum absolute atomic E-state index is 12.9. The predicted molar refractivity (Wildman–Crippen MR) is 131 cm³/mol. The van der Waals surface area contributed by atoms with E-state index in [0.717, 1.165) is 16.7 Å². The van der Waals surface area contributed by atoms with Crippen molar-refractivity contribution < 1.29 is 19.1 Å². The van der Waals surface area contributed by atoms with Crippen LogP contribution in [0.15, 0.2) is 73.1 Å². The van der Waals surface area contributed by atoms with Crippen molar-refractivity contribution in [3.63, 3.8) is 0 Å². The number of amides is 1. The van der Waals surface area contributed by atoms with Gasteiger partial charge in [-0.25, -0.2) is 19.1 Å². The summed E-state index contributed by atoms with van der Waals surface area (Å²) >= 11 is 0. The first-order chi connectivity index (χ1) is 16.2. The molecule has 8 heteroatoms. The van der Waals surface area contributed by atoms with Gasteiger partial charge in [-0.1, -0.05) is 42.5 Å². The van der Waals surface area contributed by atoms with Crippen LogP contribution in [0.5, 0.6) is 0 Å². The van der Waals surface area contributed by atoms with Gasteiger partial charge in [-0.2, -0.15) is 0 Å². The van der Waals surface area contributed by atoms with Crippen molar-refractivity contribution in [2.45, 2.75) is 33.0 Å². The lowest BCUT2D eigenvalue weighted by Crippen LogP contribution is -2.26. The molecule has 0 aliphatic carbocycles. The third-order valence-electron chi connectivity index (χ3n) is 4.89. The zero-order valence-corrected chi connectivity index (χ0v) is 19.2. The van der Waals surface area contributed by atoms with E-state index < -0.39 is 17.8 Å². The van der Waals surface area contributed by atoms with Crippen LogP contribution < -0.4 is 11.1 Å². The Balaban J connectivity index is 1.66. The lowest BCUT2D eigenvalue weighted by Gasteiger charge is -2.19. The van der Waals surface area contributed by atoms with E-state index in [1.54, 1.807) is 39.1 Å². The fourth-order valence-electron chi connectivity index (χ4n) is 3.44. The first-order valence-electron chi connectivity index (χ1n) is 10.8. The van der Waals surface area contributed by atoms with Crippen molar-refractivity contribution in [3.05, 3.63) is 78.6 Å². The number of ether oxygens (including phenoxy) is 2. The van der Waals surface area contributed by atoms with Crippen LogP contribution in [-0.4, -0.2) is 27.3 Å². The van der Waals surface area contributed by atoms with Crippen LogP contribution in [0.25, 0.3) is 22.2 Å². The van der Waals surface area contributed by atoms with Crippen LogP contribution in [0.1, 0.15) is 26.3 Å². The second kappa shape index (κ2) is 9.27. The van der Waals surface area contributed by atoms with Crippen molar-refractivity contribution in [2.75, 3.05) is 11.1 Å². The van der Waals surface area contributed by atoms with Gasteiger partial charge in [0.25, 0.3) is 0 Å². The summed E-state index contributed by atoms with van der Waals surface area (Å²) in [5.74, 6) is 0. The Hall–Kier alpha value is -4.33. The predicted octanol–water partition coefficient (Wildman–Crippen LogP) is 5.82. The molecule has 4 rings (SSSR count). The third kappa shape index (κ3) is 5.35. The van der Waals surface area contributed by atoms with Crippen molar-refractivity contribution in [1.29, 1.82) is 0 Å². The fourth-order valence-corrected chi connectivity index (χ4v) is 3.44. The SMILES string of the molecule is CC(C)(C)OC(=O)n1cc(-c2cccc(N)c2)c2cc(NC(=O)OCc3ccccc3)cnc21. The van der Waals surface area contributed by atoms with Crippen molar-refractivity contribution >= 4 is 34.6 Å². The Morgan fingerprint density at radius 1 is 1.06 bits per heavy atom. The van der Waals surface area contributed by atoms with E-state index in [1.165, 1.54) is 10.8 Å². The minimum atomic E-state index is -0.672. The average molecular weight is 459 g/mol. The molecule has 0 bridgehead atoms. The number of carbonyl (C=O) groups is 2. The van der Waals surface area contributed by atoms with Crippen molar-refractivity contribution in [1.82, 2.24) is 9.55 Å². The van der Waals surface area contributed by atoms with E-state index in [9.17, 15) is 9.59 Å². The van der Waals surface area contributed by atoms with E-state index in [1.807, 2.05) is 48.5 Å². The van der Waals surface area contributed by atoms with E-state index in [0.29, 0.717) is 22.4 Å². The zero-order valence-electron chi connectivity index (χ0n) is 19.2. The van der Waals surface area contributed by atoms with Crippen LogP contribution in [0.4, 0.5) is 21.0 Å². The molecule has 34 heavy (non-hydrogen) atoms. The average Bonchev–Trinajstić information content (AvgIpc) is 3.16. The standard InChI is InChI=1S/C26H26N4O4/c1-26(2,3)34-25(32)30-15-22(18-10-7-11-19(27)12-18)21-13-20(14-28-23(21)30)29-24(31)33-16-17-8-5-4-6-9-17/h4-15H,16,27H2,1-3H3,(H,29,31). The minimum Gasteiger partial charge on any atom is -0.444 e. The number of anilines is 2. The van der Waals surface area contributed by atoms with Gasteiger partial charge in [0, 0.05) is 22.8 Å². The maximum Gasteiger partial charge on any atom is 0.420 e. The first-order valence-corrected chi connectivity index (χ1v) is 10.8. The Morgan fingerprint density at radius 2 is 1.82 bits per heavy atom. The summed E-state index contributed by atoms with van der Waals surface area (Å²) in [6.45, 7) is 5.54. The van der Waals surface area contributed by atoms with Crippen molar-refractivity contribution in [3.8, 4) is 11.1 Å². The van der Waals surface area contributed by atoms with Gasteiger partial charge in [-0.05, 0) is 50.1 Å². The number of nitrogen functional groups attached to an aromatic ring is 1. The molecular weight excluding hydrogens is 432 g/mol. The highest BCUT2D eigenvalue weighted by Crippen LogP contribution is 2.32. The first kappa shape index (κ1) is 22.8. The topological polar surface area (TPSA) is 108 Å². The van der Waals surface area contributed by atoms with Gasteiger partial charge in [-0.3, -0.25) is 5.32 Å². The van der Waals surface area contributed by atoms with Crippen molar-refractivity contribution in [2.24, 2.45) is 0 Å². The summed E-state index contributed by atoms with van der Waals surface area (Å²) in [6, 6.07) is 18.4. The Morgan fingerprint density at radius 3 is 2.53 bits per heavy atom. The molecule has 0 atom stereocenters. The Bertz CT molecular complexity index is 1340. The molecule has 3 N–H and O–H groups in total. The minimum absolute atomic E-state index is 0.145. The monoisotopic (exact) mass is 458 g/mol. The fraction of sp³-hybridized carbons (Fsp3) is 0.192. The highest BCUT2D eigenvalue weighted by atomic mass is 16.6. The molecule has 174 valence electrons. The lowest BCUT2D eigenvalue weighted by atomic mass is 10.1. The molecule has 0 spiro atoms. The zero-order chi connectivity index (χ0) is 24.3. The number of aromatic nitrogens is 2. The summed E-state index contributed by atoms with van der Waals surface area (Å²) in [4.78, 5) is 29.6. The van der Waals surface area contributed by atoms with Crippen LogP contribution in [0.3, 0.4) is 0 Å². The molecule has 0 fully saturated rings. The van der Waals surface area contributed by atoms with Crippen LogP contribution in [0.2, 0.25) is 0 Å². The number of hydrogen-bond acceptors (Lipinski definition) is 6. The molecule has 0 radical (unpaired) electrons. The number of pyridine rings is 1. The van der Waals surface area contributed by atoms with Gasteiger partial charge in [0.1, 0.15) is 17.9 Å². The molecule has 0 unspecified atom stereocenters. The molecule has 2 heterocycles. The Labute approximate surface area is 197 Å². The highest BCUT2D eigenvalue weighted by molar-refractivity contribution is 6.01. The summed E-state index contributed by atoms with van der Waals surface area (Å²) in [5.41, 5.74) is 9.13. The number of nitrogens with zero attached hydrogens (tertiary/aromatic N) is 2. The van der Waals surface area contributed by atoms with Gasteiger partial charge in [-0.15, -0.1) is 0 Å². The molecule has 8 nitrogen and oxygen atoms in total. The normalized spacial score (nSPS) is 11.3. The van der Waals surface area contributed by atoms with Gasteiger partial charge < -0.3 is 15.2 Å². The number of benzene rings is 2. The maximum atomic E-state index is 12.9. The summed E-state index contributed by atoms with van der Waals surface area (Å²) in [6.07, 6.45) is 1.97. The highest BCUT2D eigenvalue weighted by Gasteiger charge is 2.22. The summed E-state index contributed by atoms with van der Waals surface area (Å²) in [7, 11) is 0. The van der Waals surface area contributed by atoms with Gasteiger partial charge >= 0.3 is 12.2 Å². The number of hydrogen-bond donors (Lipinski definition) is 2. The molecule has 0 aliphatic heterocycles. The molecular formula is C26H26N4O4. The largest absolute Gasteiger partial charge is 0.444 e.